The van der Waals surface area contributed by atoms with Gasteiger partial charge in [-0.25, -0.2) is 0 Å². The smallest absolute Gasteiger partial charge is 0.135 e. The summed E-state index contributed by atoms with van der Waals surface area (Å²) in [6, 6.07) is 93.1. The van der Waals surface area contributed by atoms with Gasteiger partial charge in [0.1, 0.15) is 11.2 Å². The summed E-state index contributed by atoms with van der Waals surface area (Å²) in [6.45, 7) is 2.37. The van der Waals surface area contributed by atoms with E-state index in [0.717, 1.165) is 84.0 Å². The summed E-state index contributed by atoms with van der Waals surface area (Å²) < 4.78 is 16.2. The summed E-state index contributed by atoms with van der Waals surface area (Å²) in [5, 5.41) is 9.60. The van der Waals surface area contributed by atoms with Crippen LogP contribution in [0, 0.1) is 0 Å². The number of hydrogen-bond acceptors (Lipinski definition) is 2. The average Bonchev–Trinajstić information content (AvgIpc) is 2.79. The molecule has 6 heterocycles. The minimum atomic E-state index is 0.371. The first kappa shape index (κ1) is 46.8. The van der Waals surface area contributed by atoms with E-state index in [1.807, 2.05) is 12.3 Å². The lowest BCUT2D eigenvalue weighted by Crippen LogP contribution is -2.02. The van der Waals surface area contributed by atoms with Crippen molar-refractivity contribution in [3.05, 3.63) is 278 Å². The molecule has 0 aliphatic heterocycles. The van der Waals surface area contributed by atoms with Gasteiger partial charge < -0.3 is 22.7 Å². The topological polar surface area (TPSA) is 45.8 Å². The Hall–Kier alpha value is -11.0. The highest BCUT2D eigenvalue weighted by Crippen LogP contribution is 2.45. The van der Waals surface area contributed by atoms with E-state index in [2.05, 4.69) is 286 Å². The van der Waals surface area contributed by atoms with E-state index in [9.17, 15) is 0 Å². The third-order valence-electron chi connectivity index (χ3n) is 18.0. The molecule has 0 saturated heterocycles. The van der Waals surface area contributed by atoms with Crippen LogP contribution in [-0.4, -0.2) is 23.3 Å². The van der Waals surface area contributed by atoms with Crippen molar-refractivity contribution in [3.8, 4) is 56.1 Å². The fourth-order valence-corrected chi connectivity index (χ4v) is 14.2. The van der Waals surface area contributed by atoms with Gasteiger partial charge in [-0.1, -0.05) is 128 Å². The summed E-state index contributed by atoms with van der Waals surface area (Å²) in [5.41, 5.74) is 25.2. The van der Waals surface area contributed by atoms with Crippen molar-refractivity contribution in [2.45, 2.75) is 19.3 Å². The Balaban J connectivity index is 0.692. The molecule has 0 bridgehead atoms. The van der Waals surface area contributed by atoms with Gasteiger partial charge in [-0.05, 0) is 197 Å². The Morgan fingerprint density at radius 1 is 0.333 bits per heavy atom. The van der Waals surface area contributed by atoms with Gasteiger partial charge in [0.15, 0.2) is 0 Å². The highest BCUT2D eigenvalue weighted by molar-refractivity contribution is 6.14. The molecular formula is C78H51N5O. The summed E-state index contributed by atoms with van der Waals surface area (Å²) in [7, 11) is 0. The van der Waals surface area contributed by atoms with Crippen LogP contribution < -0.4 is 0 Å². The number of allylic oxidation sites excluding steroid dienone is 1. The summed E-state index contributed by atoms with van der Waals surface area (Å²) in [4.78, 5) is 4.99. The molecule has 0 radical (unpaired) electrons. The second-order valence-electron chi connectivity index (χ2n) is 22.7. The van der Waals surface area contributed by atoms with E-state index in [-0.39, 0.29) is 0 Å². The van der Waals surface area contributed by atoms with Crippen molar-refractivity contribution >= 4 is 104 Å². The number of fused-ring (bicyclic) bond motifs is 15. The molecule has 0 spiro atoms. The van der Waals surface area contributed by atoms with E-state index in [1.54, 1.807) is 0 Å². The number of nitrogens with zero attached hydrogens (tertiary/aromatic N) is 5. The van der Waals surface area contributed by atoms with Crippen LogP contribution in [0.15, 0.2) is 271 Å². The molecule has 1 atom stereocenters. The number of hydrogen-bond donors (Lipinski definition) is 0. The Morgan fingerprint density at radius 2 is 0.762 bits per heavy atom. The molecule has 18 rings (SSSR count). The number of rotatable bonds is 7. The number of furan rings is 1. The largest absolute Gasteiger partial charge is 0.456 e. The second kappa shape index (κ2) is 18.0. The van der Waals surface area contributed by atoms with Crippen molar-refractivity contribution in [3.63, 3.8) is 0 Å². The first-order valence-corrected chi connectivity index (χ1v) is 29.1. The Bertz CT molecular complexity index is 5590. The monoisotopic (exact) mass is 1070 g/mol. The van der Waals surface area contributed by atoms with Crippen LogP contribution in [0.2, 0.25) is 0 Å². The van der Waals surface area contributed by atoms with Gasteiger partial charge in [0, 0.05) is 77.7 Å². The molecular weight excluding hydrogens is 1020 g/mol. The maximum atomic E-state index is 6.59. The highest BCUT2D eigenvalue weighted by atomic mass is 16.3. The third kappa shape index (κ3) is 6.95. The zero-order valence-electron chi connectivity index (χ0n) is 45.9. The maximum absolute atomic E-state index is 6.59. The van der Waals surface area contributed by atoms with E-state index in [1.165, 1.54) is 88.1 Å². The van der Waals surface area contributed by atoms with Gasteiger partial charge >= 0.3 is 0 Å². The summed E-state index contributed by atoms with van der Waals surface area (Å²) in [6.07, 6.45) is 7.59. The first-order chi connectivity index (χ1) is 41.6. The van der Waals surface area contributed by atoms with E-state index in [0.29, 0.717) is 5.92 Å². The van der Waals surface area contributed by atoms with E-state index in [4.69, 9.17) is 9.40 Å². The molecule has 6 aromatic heterocycles. The van der Waals surface area contributed by atoms with Gasteiger partial charge in [0.25, 0.3) is 0 Å². The number of para-hydroxylation sites is 4. The average molecular weight is 1070 g/mol. The molecule has 6 heteroatoms. The predicted octanol–water partition coefficient (Wildman–Crippen LogP) is 20.7. The number of benzene rings is 11. The summed E-state index contributed by atoms with van der Waals surface area (Å²) >= 11 is 0. The number of aromatic nitrogens is 5. The molecule has 394 valence electrons. The maximum Gasteiger partial charge on any atom is 0.135 e. The molecule has 17 aromatic rings. The van der Waals surface area contributed by atoms with Gasteiger partial charge in [0.2, 0.25) is 0 Å². The van der Waals surface area contributed by atoms with Gasteiger partial charge in [-0.3, -0.25) is 4.98 Å². The SMILES string of the molecule is CC1CC=Cc2c1c1cc(-c3ccc4c(c3)c3ccccc3n4-c3ccccc3)ccc1n2-c1ccc2oc3ccc(-c4ccc(-n5c6ccc(-c7ccc8c(c7)c7ccccc7n8-c7ccccc7)cc6c6ncccc65)cc4)cc3c2c1. The van der Waals surface area contributed by atoms with Crippen molar-refractivity contribution in [1.29, 1.82) is 0 Å². The fraction of sp³-hybridized carbons (Fsp3) is 0.0385. The molecule has 6 nitrogen and oxygen atoms in total. The lowest BCUT2D eigenvalue weighted by atomic mass is 9.90. The first-order valence-electron chi connectivity index (χ1n) is 29.1. The fourth-order valence-electron chi connectivity index (χ4n) is 14.2. The Kier molecular flexibility index (Phi) is 10.0. The van der Waals surface area contributed by atoms with Crippen LogP contribution in [0.4, 0.5) is 0 Å². The molecule has 0 saturated carbocycles. The summed E-state index contributed by atoms with van der Waals surface area (Å²) in [5.74, 6) is 0.371. The normalized spacial score (nSPS) is 13.6. The zero-order valence-corrected chi connectivity index (χ0v) is 45.9. The lowest BCUT2D eigenvalue weighted by molar-refractivity contribution is 0.669. The Labute approximate surface area is 483 Å². The van der Waals surface area contributed by atoms with E-state index >= 15 is 0 Å². The molecule has 11 aromatic carbocycles. The van der Waals surface area contributed by atoms with Crippen LogP contribution >= 0.6 is 0 Å². The molecule has 1 aliphatic carbocycles. The van der Waals surface area contributed by atoms with E-state index < -0.39 is 0 Å². The standard InChI is InChI=1S/C78H51N5O/c1-48-14-12-23-73-77(48)65-45-53(51-27-35-69-61(42-51)59-19-8-10-21-67(59)80(69)55-15-4-2-5-16-55)29-37-71(65)83(73)58-34-40-76-64(47-58)63-44-50(31-39-75(63)84-76)49-25-32-57(33-26-49)82-72-38-30-54(46-66(72)78-74(82)24-13-41-79-78)52-28-36-70-62(43-52)60-20-9-11-22-68(60)81(70)56-17-6-3-7-18-56/h2-13,15-48H,14H2,1H3. The molecule has 1 aliphatic rings. The molecule has 0 fully saturated rings. The molecule has 84 heavy (non-hydrogen) atoms. The van der Waals surface area contributed by atoms with Crippen molar-refractivity contribution in [2.24, 2.45) is 0 Å². The zero-order chi connectivity index (χ0) is 55.1. The number of pyridine rings is 1. The third-order valence-corrected chi connectivity index (χ3v) is 18.0. The minimum Gasteiger partial charge on any atom is -0.456 e. The lowest BCUT2D eigenvalue weighted by Gasteiger charge is -2.17. The van der Waals surface area contributed by atoms with Crippen LogP contribution in [0.1, 0.15) is 30.5 Å². The predicted molar refractivity (Wildman–Crippen MR) is 350 cm³/mol. The van der Waals surface area contributed by atoms with Gasteiger partial charge in [0.05, 0.1) is 44.1 Å². The van der Waals surface area contributed by atoms with Crippen LogP contribution in [0.5, 0.6) is 0 Å². The minimum absolute atomic E-state index is 0.371. The van der Waals surface area contributed by atoms with Crippen molar-refractivity contribution < 1.29 is 4.42 Å². The molecule has 1 unspecified atom stereocenters. The Morgan fingerprint density at radius 3 is 1.39 bits per heavy atom. The quantitative estimate of drug-likeness (QED) is 0.160. The van der Waals surface area contributed by atoms with Crippen molar-refractivity contribution in [1.82, 2.24) is 23.3 Å². The van der Waals surface area contributed by atoms with Gasteiger partial charge in [-0.2, -0.15) is 0 Å². The van der Waals surface area contributed by atoms with Crippen molar-refractivity contribution in [2.75, 3.05) is 0 Å². The van der Waals surface area contributed by atoms with Crippen LogP contribution in [-0.2, 0) is 0 Å². The van der Waals surface area contributed by atoms with Crippen LogP contribution in [0.3, 0.4) is 0 Å². The van der Waals surface area contributed by atoms with Gasteiger partial charge in [-0.15, -0.1) is 0 Å². The second-order valence-corrected chi connectivity index (χ2v) is 22.7. The molecule has 0 N–H and O–H groups in total. The molecule has 0 amide bonds. The van der Waals surface area contributed by atoms with Crippen LogP contribution in [0.25, 0.3) is 161 Å². The highest BCUT2D eigenvalue weighted by Gasteiger charge is 2.25.